The summed E-state index contributed by atoms with van der Waals surface area (Å²) in [5.41, 5.74) is 7.83. The molecule has 1 aliphatic rings. The van der Waals surface area contributed by atoms with Gasteiger partial charge in [0.25, 0.3) is 0 Å². The molecule has 4 rings (SSSR count). The van der Waals surface area contributed by atoms with E-state index in [4.69, 9.17) is 10.5 Å². The molecule has 1 aromatic heterocycles. The van der Waals surface area contributed by atoms with Crippen molar-refractivity contribution in [2.45, 2.75) is 44.4 Å². The number of nitrogens with two attached hydrogens (primary N) is 1. The zero-order chi connectivity index (χ0) is 29.6. The number of halogens is 4. The lowest BCUT2D eigenvalue weighted by Gasteiger charge is -2.28. The van der Waals surface area contributed by atoms with Gasteiger partial charge in [-0.1, -0.05) is 12.0 Å². The summed E-state index contributed by atoms with van der Waals surface area (Å²) in [6.45, 7) is -0.975. The summed E-state index contributed by atoms with van der Waals surface area (Å²) < 4.78 is 52.0. The Hall–Kier alpha value is -3.24. The van der Waals surface area contributed by atoms with Crippen molar-refractivity contribution < 1.29 is 22.7 Å². The Balaban J connectivity index is 1.53. The number of aromatic nitrogens is 1. The third-order valence-electron chi connectivity index (χ3n) is 6.91. The van der Waals surface area contributed by atoms with Crippen LogP contribution in [0.4, 0.5) is 24.5 Å². The minimum atomic E-state index is -4.40. The molecule has 0 bridgehead atoms. The maximum Gasteiger partial charge on any atom is 0.406 e. The number of benzene rings is 2. The van der Waals surface area contributed by atoms with Crippen molar-refractivity contribution in [3.63, 3.8) is 0 Å². The summed E-state index contributed by atoms with van der Waals surface area (Å²) >= 11 is -0.0350. The Labute approximate surface area is 248 Å². The van der Waals surface area contributed by atoms with Crippen LogP contribution in [0.5, 0.6) is 5.75 Å². The van der Waals surface area contributed by atoms with Gasteiger partial charge in [0.15, 0.2) is 0 Å². The highest BCUT2D eigenvalue weighted by Crippen LogP contribution is 2.33. The molecule has 0 atom stereocenters. The number of carbonyl (C=O) groups excluding carboxylic acids is 1. The molecule has 0 aliphatic heterocycles. The van der Waals surface area contributed by atoms with Gasteiger partial charge < -0.3 is 25.7 Å². The monoisotopic (exact) mass is 681 g/mol. The fraction of sp³-hybridized carbons (Fsp3) is 0.400. The number of alkyl halides is 3. The first-order valence-electron chi connectivity index (χ1n) is 13.3. The van der Waals surface area contributed by atoms with E-state index in [2.05, 4.69) is 43.7 Å². The van der Waals surface area contributed by atoms with Crippen molar-refractivity contribution in [1.82, 2.24) is 7.68 Å². The minimum absolute atomic E-state index is 0.0350. The third-order valence-corrected chi connectivity index (χ3v) is 9.37. The van der Waals surface area contributed by atoms with E-state index in [1.807, 2.05) is 6.07 Å². The molecule has 2 aromatic carbocycles. The van der Waals surface area contributed by atoms with Crippen LogP contribution in [0.2, 0.25) is 0 Å². The van der Waals surface area contributed by atoms with Crippen LogP contribution >= 0.6 is 21.0 Å². The standard InChI is InChI=1S/C30H35F3IN5O2/c1-38(2)34-18-20-9-12-22(13-10-20)37-25-7-4-8-27-24(25)17-23(39(27)19-30(31,32)33)6-5-15-36-26-14-11-21(29(35)40)16-28(26)41-3/h4,7-8,11,14,16-18,20,22,36-37H,9-10,12-13,15,19H2,1-3H3,(H2,35,40). The van der Waals surface area contributed by atoms with E-state index < -0.39 is 18.6 Å². The Morgan fingerprint density at radius 1 is 1.17 bits per heavy atom. The van der Waals surface area contributed by atoms with Crippen molar-refractivity contribution in [2.24, 2.45) is 11.7 Å². The van der Waals surface area contributed by atoms with Gasteiger partial charge in [-0.05, 0) is 113 Å². The zero-order valence-corrected chi connectivity index (χ0v) is 25.5. The van der Waals surface area contributed by atoms with Crippen LogP contribution in [0.1, 0.15) is 41.7 Å². The van der Waals surface area contributed by atoms with Gasteiger partial charge in [0.1, 0.15) is 12.3 Å². The highest BCUT2D eigenvalue weighted by Gasteiger charge is 2.30. The van der Waals surface area contributed by atoms with Gasteiger partial charge in [0.2, 0.25) is 5.91 Å². The van der Waals surface area contributed by atoms with E-state index in [0.717, 1.165) is 36.8 Å². The first kappa shape index (κ1) is 30.7. The van der Waals surface area contributed by atoms with Crippen LogP contribution in [0, 0.1) is 17.8 Å². The van der Waals surface area contributed by atoms with E-state index in [0.29, 0.717) is 28.4 Å². The lowest BCUT2D eigenvalue weighted by Crippen LogP contribution is -2.26. The normalized spacial score (nSPS) is 17.6. The third kappa shape index (κ3) is 8.39. The number of hydrogen-bond acceptors (Lipinski definition) is 5. The summed E-state index contributed by atoms with van der Waals surface area (Å²) in [5, 5.41) is 7.42. The summed E-state index contributed by atoms with van der Waals surface area (Å²) in [5.74, 6) is 6.34. The van der Waals surface area contributed by atoms with E-state index >= 15 is 0 Å². The molecule has 220 valence electrons. The van der Waals surface area contributed by atoms with E-state index in [-0.39, 0.29) is 39.3 Å². The highest BCUT2D eigenvalue weighted by molar-refractivity contribution is 14.2. The van der Waals surface area contributed by atoms with Gasteiger partial charge in [-0.3, -0.25) is 7.91 Å². The zero-order valence-electron chi connectivity index (χ0n) is 23.3. The fourth-order valence-electron chi connectivity index (χ4n) is 4.93. The average Bonchev–Trinajstić information content (AvgIpc) is 3.27. The number of carbonyl (C=O) groups is 1. The molecule has 1 amide bonds. The minimum Gasteiger partial charge on any atom is -0.495 e. The first-order valence-corrected chi connectivity index (χ1v) is 15.6. The number of primary amides is 1. The second-order valence-electron chi connectivity index (χ2n) is 10.2. The van der Waals surface area contributed by atoms with Crippen LogP contribution in [0.15, 0.2) is 42.5 Å². The van der Waals surface area contributed by atoms with Crippen molar-refractivity contribution in [3.8, 4) is 17.6 Å². The number of rotatable bonds is 9. The van der Waals surface area contributed by atoms with E-state index in [1.54, 1.807) is 30.3 Å². The molecular weight excluding hydrogens is 646 g/mol. The number of ether oxygens (including phenoxy) is 1. The number of anilines is 2. The van der Waals surface area contributed by atoms with Gasteiger partial charge in [0, 0.05) is 22.7 Å². The summed E-state index contributed by atoms with van der Waals surface area (Å²) in [4.78, 5) is 11.4. The first-order chi connectivity index (χ1) is 19.5. The second-order valence-corrected chi connectivity index (χ2v) is 13.4. The topological polar surface area (TPSA) is 84.5 Å². The Bertz CT molecular complexity index is 1460. The molecule has 4 N–H and O–H groups in total. The van der Waals surface area contributed by atoms with Gasteiger partial charge >= 0.3 is 6.18 Å². The summed E-state index contributed by atoms with van der Waals surface area (Å²) in [6.07, 6.45) is -0.101. The maximum atomic E-state index is 13.6. The largest absolute Gasteiger partial charge is 0.495 e. The molecular formula is C30H35F3IN5O2. The second kappa shape index (κ2) is 13.6. The van der Waals surface area contributed by atoms with Crippen LogP contribution in [-0.2, 0) is 6.54 Å². The summed E-state index contributed by atoms with van der Waals surface area (Å²) in [7, 11) is 5.69. The number of methoxy groups -OCH3 is 1. The number of hydrogen-bond donors (Lipinski definition) is 3. The quantitative estimate of drug-likeness (QED) is 0.147. The van der Waals surface area contributed by atoms with Crippen LogP contribution in [0.25, 0.3) is 10.9 Å². The number of fused-ring (bicyclic) bond motifs is 1. The van der Waals surface area contributed by atoms with Crippen molar-refractivity contribution >= 4 is 53.2 Å². The Morgan fingerprint density at radius 2 is 1.93 bits per heavy atom. The molecule has 11 heteroatoms. The molecule has 1 aliphatic carbocycles. The molecule has 3 aromatic rings. The Morgan fingerprint density at radius 3 is 2.59 bits per heavy atom. The summed E-state index contributed by atoms with van der Waals surface area (Å²) in [6, 6.07) is 12.2. The van der Waals surface area contributed by atoms with Crippen molar-refractivity contribution in [2.75, 3.05) is 38.4 Å². The van der Waals surface area contributed by atoms with E-state index in [9.17, 15) is 18.0 Å². The number of nitrogens with zero attached hydrogens (tertiary/aromatic N) is 2. The molecule has 0 spiro atoms. The molecule has 0 radical (unpaired) electrons. The van der Waals surface area contributed by atoms with Crippen LogP contribution in [-0.4, -0.2) is 57.6 Å². The number of nitrogens with one attached hydrogen (secondary N) is 2. The molecule has 1 fully saturated rings. The number of amides is 1. The predicted molar refractivity (Wildman–Crippen MR) is 168 cm³/mol. The van der Waals surface area contributed by atoms with Gasteiger partial charge in [-0.2, -0.15) is 13.2 Å². The van der Waals surface area contributed by atoms with Crippen LogP contribution < -0.4 is 21.1 Å². The molecule has 0 unspecified atom stereocenters. The molecule has 0 saturated heterocycles. The molecule has 1 saturated carbocycles. The van der Waals surface area contributed by atoms with Crippen molar-refractivity contribution in [3.05, 3.63) is 53.7 Å². The lowest BCUT2D eigenvalue weighted by atomic mass is 9.87. The van der Waals surface area contributed by atoms with Gasteiger partial charge in [-0.25, -0.2) is 0 Å². The molecule has 7 nitrogen and oxygen atoms in total. The Kier molecular flexibility index (Phi) is 10.2. The van der Waals surface area contributed by atoms with Gasteiger partial charge in [-0.15, -0.1) is 0 Å². The van der Waals surface area contributed by atoms with E-state index in [1.165, 1.54) is 17.7 Å². The van der Waals surface area contributed by atoms with Crippen molar-refractivity contribution in [1.29, 1.82) is 0 Å². The highest BCUT2D eigenvalue weighted by atomic mass is 127. The molecule has 41 heavy (non-hydrogen) atoms. The van der Waals surface area contributed by atoms with Crippen LogP contribution in [0.3, 0.4) is 0 Å². The average molecular weight is 682 g/mol. The SMILES string of the molecule is COc1cc(C(N)=O)ccc1NCC#Cc1cc2c(NC3CCC(C=IN(C)C)CC3)cccc2n1CC(F)(F)F. The smallest absolute Gasteiger partial charge is 0.406 e. The maximum absolute atomic E-state index is 13.6. The van der Waals surface area contributed by atoms with Gasteiger partial charge in [0.05, 0.1) is 30.6 Å². The fourth-order valence-corrected chi connectivity index (χ4v) is 6.75. The lowest BCUT2D eigenvalue weighted by molar-refractivity contribution is -0.140. The predicted octanol–water partition coefficient (Wildman–Crippen LogP) is 5.99. The molecule has 1 heterocycles.